The van der Waals surface area contributed by atoms with Crippen LogP contribution in [0.25, 0.3) is 11.0 Å². The van der Waals surface area contributed by atoms with Crippen molar-refractivity contribution >= 4 is 46.6 Å². The summed E-state index contributed by atoms with van der Waals surface area (Å²) in [5.74, 6) is -0.0479. The van der Waals surface area contributed by atoms with E-state index >= 15 is 0 Å². The summed E-state index contributed by atoms with van der Waals surface area (Å²) in [6.45, 7) is 0.124. The second-order valence-electron chi connectivity index (χ2n) is 7.15. The van der Waals surface area contributed by atoms with Gasteiger partial charge in [0.25, 0.3) is 0 Å². The van der Waals surface area contributed by atoms with Crippen LogP contribution in [0.5, 0.6) is 0 Å². The average molecular weight is 548 g/mol. The molecule has 0 aromatic carbocycles. The van der Waals surface area contributed by atoms with Gasteiger partial charge in [-0.2, -0.15) is 8.62 Å². The topological polar surface area (TPSA) is 283 Å². The number of phosphoric acid groups is 3. The number of nitrogen functional groups attached to an aromatic ring is 1. The highest BCUT2D eigenvalue weighted by molar-refractivity contribution is 7.66. The van der Waals surface area contributed by atoms with Crippen molar-refractivity contribution < 1.29 is 66.2 Å². The Balaban J connectivity index is 1.81. The van der Waals surface area contributed by atoms with E-state index in [2.05, 4.69) is 23.1 Å². The van der Waals surface area contributed by atoms with Gasteiger partial charge in [-0.15, -0.1) is 0 Å². The van der Waals surface area contributed by atoms with E-state index in [4.69, 9.17) is 20.3 Å². The molecule has 1 aliphatic heterocycles. The van der Waals surface area contributed by atoms with Gasteiger partial charge in [-0.1, -0.05) is 0 Å². The van der Waals surface area contributed by atoms with E-state index in [9.17, 15) is 38.5 Å². The number of fused-ring (bicyclic) bond motifs is 1. The van der Waals surface area contributed by atoms with Crippen LogP contribution in [-0.2, 0) is 31.6 Å². The number of phosphoric ester groups is 1. The zero-order chi connectivity index (χ0) is 25.7. The average Bonchev–Trinajstić information content (AvgIpc) is 3.14. The van der Waals surface area contributed by atoms with Gasteiger partial charge >= 0.3 is 23.5 Å². The summed E-state index contributed by atoms with van der Waals surface area (Å²) in [5, 5.41) is 21.5. The molecule has 21 heteroatoms. The highest BCUT2D eigenvalue weighted by Crippen LogP contribution is 2.66. The summed E-state index contributed by atoms with van der Waals surface area (Å²) in [6.07, 6.45) is -2.04. The van der Waals surface area contributed by atoms with Crippen LogP contribution in [-0.4, -0.2) is 75.0 Å². The number of hydrogen-bond acceptors (Lipinski definition) is 13. The SMILES string of the molecule is C[C@@]1(O)[C@H](O)[C@@H](COP(=O)(O)OP(=O)(O)OP(=O)(O)O)O[C@H]1n1cc(C=O)c2c(N)ncnc21. The van der Waals surface area contributed by atoms with E-state index in [0.29, 0.717) is 6.29 Å². The number of aldehydes is 1. The number of anilines is 1. The zero-order valence-electron chi connectivity index (χ0n) is 16.9. The highest BCUT2D eigenvalue weighted by atomic mass is 31.3. The van der Waals surface area contributed by atoms with E-state index in [1.807, 2.05) is 0 Å². The van der Waals surface area contributed by atoms with Gasteiger partial charge in [-0.3, -0.25) is 9.32 Å². The quantitative estimate of drug-likeness (QED) is 0.149. The maximum Gasteiger partial charge on any atom is 0.490 e. The summed E-state index contributed by atoms with van der Waals surface area (Å²) >= 11 is 0. The van der Waals surface area contributed by atoms with Crippen LogP contribution in [0, 0.1) is 0 Å². The van der Waals surface area contributed by atoms with Crippen molar-refractivity contribution in [1.82, 2.24) is 14.5 Å². The molecule has 1 aliphatic rings. The van der Waals surface area contributed by atoms with Crippen molar-refractivity contribution in [3.8, 4) is 0 Å². The minimum absolute atomic E-state index is 0.0405. The molecule has 8 N–H and O–H groups in total. The standard InChI is InChI=1S/C13H19N4O14P3/c1-13(20)9(19)7(4-28-33(24,25)31-34(26,27)30-32(21,22)23)29-12(13)17-2-6(3-18)8-10(14)15-5-16-11(8)17/h2-3,5,7,9,12,19-20H,4H2,1H3,(H,24,25)(H,26,27)(H2,14,15,16)(H2,21,22,23)/t7-,9-,12-,13-/m1/s1. The molecule has 0 aliphatic carbocycles. The van der Waals surface area contributed by atoms with E-state index in [1.165, 1.54) is 10.8 Å². The fourth-order valence-corrected chi connectivity index (χ4v) is 6.28. The fourth-order valence-electron chi connectivity index (χ4n) is 3.25. The van der Waals surface area contributed by atoms with Gasteiger partial charge in [0.1, 0.15) is 35.6 Å². The number of nitrogens with two attached hydrogens (primary N) is 1. The van der Waals surface area contributed by atoms with E-state index in [0.717, 1.165) is 13.3 Å². The molecule has 0 amide bonds. The Morgan fingerprint density at radius 2 is 1.85 bits per heavy atom. The monoisotopic (exact) mass is 548 g/mol. The molecule has 2 aromatic heterocycles. The molecule has 2 aromatic rings. The number of hydrogen-bond donors (Lipinski definition) is 7. The van der Waals surface area contributed by atoms with Crippen LogP contribution in [0.3, 0.4) is 0 Å². The first-order valence-corrected chi connectivity index (χ1v) is 13.4. The first-order valence-electron chi connectivity index (χ1n) is 8.88. The van der Waals surface area contributed by atoms with E-state index in [-0.39, 0.29) is 22.4 Å². The summed E-state index contributed by atoms with van der Waals surface area (Å²) in [6, 6.07) is 0. The number of carbonyl (C=O) groups is 1. The predicted molar refractivity (Wildman–Crippen MR) is 108 cm³/mol. The molecule has 2 unspecified atom stereocenters. The van der Waals surface area contributed by atoms with Gasteiger partial charge in [0.2, 0.25) is 0 Å². The van der Waals surface area contributed by atoms with Crippen molar-refractivity contribution in [3.05, 3.63) is 18.1 Å². The minimum Gasteiger partial charge on any atom is -0.387 e. The minimum atomic E-state index is -5.75. The Morgan fingerprint density at radius 1 is 1.21 bits per heavy atom. The summed E-state index contributed by atoms with van der Waals surface area (Å²) < 4.78 is 52.3. The molecular weight excluding hydrogens is 529 g/mol. The van der Waals surface area contributed by atoms with Crippen LogP contribution in [0.4, 0.5) is 5.82 Å². The molecule has 34 heavy (non-hydrogen) atoms. The van der Waals surface area contributed by atoms with Crippen LogP contribution in [0.15, 0.2) is 12.5 Å². The molecule has 1 saturated heterocycles. The summed E-state index contributed by atoms with van der Waals surface area (Å²) in [5.41, 5.74) is 3.78. The van der Waals surface area contributed by atoms with Gasteiger partial charge in [-0.05, 0) is 6.92 Å². The maximum atomic E-state index is 11.9. The van der Waals surface area contributed by atoms with Crippen LogP contribution in [0.2, 0.25) is 0 Å². The highest BCUT2D eigenvalue weighted by Gasteiger charge is 2.54. The fraction of sp³-hybridized carbons (Fsp3) is 0.462. The number of aliphatic hydroxyl groups is 2. The number of carbonyl (C=O) groups excluding carboxylic acids is 1. The summed E-state index contributed by atoms with van der Waals surface area (Å²) in [7, 11) is -16.8. The smallest absolute Gasteiger partial charge is 0.387 e. The van der Waals surface area contributed by atoms with Crippen molar-refractivity contribution in [3.63, 3.8) is 0 Å². The van der Waals surface area contributed by atoms with Crippen LogP contribution >= 0.6 is 23.5 Å². The molecule has 0 bridgehead atoms. The number of rotatable bonds is 9. The second kappa shape index (κ2) is 9.11. The van der Waals surface area contributed by atoms with Crippen molar-refractivity contribution in [2.75, 3.05) is 12.3 Å². The van der Waals surface area contributed by atoms with Gasteiger partial charge in [0, 0.05) is 11.8 Å². The molecule has 0 radical (unpaired) electrons. The first-order chi connectivity index (χ1) is 15.5. The predicted octanol–water partition coefficient (Wildman–Crippen LogP) is -0.821. The molecular formula is C13H19N4O14P3. The third kappa shape index (κ3) is 5.61. The Bertz CT molecular complexity index is 1240. The number of ether oxygens (including phenoxy) is 1. The second-order valence-corrected chi connectivity index (χ2v) is 11.6. The third-order valence-corrected chi connectivity index (χ3v) is 8.42. The van der Waals surface area contributed by atoms with E-state index in [1.54, 1.807) is 0 Å². The number of aliphatic hydroxyl groups excluding tert-OH is 1. The lowest BCUT2D eigenvalue weighted by molar-refractivity contribution is -0.0947. The summed E-state index contributed by atoms with van der Waals surface area (Å²) in [4.78, 5) is 55.0. The number of nitrogens with zero attached hydrogens (tertiary/aromatic N) is 3. The molecule has 0 spiro atoms. The molecule has 6 atom stereocenters. The molecule has 1 fully saturated rings. The molecule has 3 rings (SSSR count). The van der Waals surface area contributed by atoms with Crippen molar-refractivity contribution in [2.45, 2.75) is 31.0 Å². The normalized spacial score (nSPS) is 29.1. The van der Waals surface area contributed by atoms with Gasteiger partial charge < -0.3 is 44.8 Å². The zero-order valence-corrected chi connectivity index (χ0v) is 19.6. The lowest BCUT2D eigenvalue weighted by Gasteiger charge is -2.27. The van der Waals surface area contributed by atoms with Gasteiger partial charge in [0.15, 0.2) is 12.5 Å². The van der Waals surface area contributed by atoms with E-state index < -0.39 is 54.1 Å². The Labute approximate surface area is 189 Å². The molecule has 0 saturated carbocycles. The Kier molecular flexibility index (Phi) is 7.23. The molecule has 18 nitrogen and oxygen atoms in total. The van der Waals surface area contributed by atoms with Crippen molar-refractivity contribution in [1.29, 1.82) is 0 Å². The third-order valence-electron chi connectivity index (χ3n) is 4.62. The lowest BCUT2D eigenvalue weighted by Crippen LogP contribution is -2.44. The first kappa shape index (κ1) is 27.0. The van der Waals surface area contributed by atoms with Crippen molar-refractivity contribution in [2.24, 2.45) is 0 Å². The molecule has 3 heterocycles. The van der Waals surface area contributed by atoms with Crippen LogP contribution in [0.1, 0.15) is 23.5 Å². The largest absolute Gasteiger partial charge is 0.490 e. The Hall–Kier alpha value is -1.62. The van der Waals surface area contributed by atoms with Gasteiger partial charge in [0.05, 0.1) is 12.0 Å². The Morgan fingerprint density at radius 3 is 2.44 bits per heavy atom. The molecule has 190 valence electrons. The van der Waals surface area contributed by atoms with Gasteiger partial charge in [-0.25, -0.2) is 23.7 Å². The lowest BCUT2D eigenvalue weighted by atomic mass is 9.96. The number of aromatic nitrogens is 3. The maximum absolute atomic E-state index is 11.9. The van der Waals surface area contributed by atoms with Crippen LogP contribution < -0.4 is 5.73 Å².